The molecule has 0 aliphatic rings. The topological polar surface area (TPSA) is 215 Å². The average molecular weight is 620 g/mol. The van der Waals surface area contributed by atoms with Crippen molar-refractivity contribution in [2.45, 2.75) is 43.9 Å². The van der Waals surface area contributed by atoms with Crippen LogP contribution in [-0.2, 0) is 36.8 Å². The molecule has 45 heavy (non-hydrogen) atoms. The maximum atomic E-state index is 13.4. The fourth-order valence-electron chi connectivity index (χ4n) is 4.32. The number of benzene rings is 3. The van der Waals surface area contributed by atoms with E-state index >= 15 is 0 Å². The van der Waals surface area contributed by atoms with Gasteiger partial charge in [0, 0.05) is 6.42 Å². The van der Waals surface area contributed by atoms with Gasteiger partial charge in [-0.15, -0.1) is 0 Å². The van der Waals surface area contributed by atoms with Crippen LogP contribution >= 0.6 is 0 Å². The second kappa shape index (κ2) is 16.4. The fraction of sp³-hybridized carbons (Fsp3) is 0.281. The van der Waals surface area contributed by atoms with Crippen molar-refractivity contribution in [2.24, 2.45) is 11.5 Å². The SMILES string of the molecule is [2H]N[C@@H](Cc1ccc(O)cc1)C(=O)N[C@@H](C)C(=O)NCC(=O)N[C@@H](Cc1ccccc1)C(=O)N[C@H](C(N)=O)c1ccc(OC)cc1. The summed E-state index contributed by atoms with van der Waals surface area (Å²) in [5.41, 5.74) is 9.57. The van der Waals surface area contributed by atoms with Gasteiger partial charge in [-0.3, -0.25) is 24.0 Å². The number of nitrogens with two attached hydrogens (primary N) is 2. The van der Waals surface area contributed by atoms with Crippen LogP contribution < -0.4 is 37.5 Å². The molecule has 0 unspecified atom stereocenters. The zero-order valence-electron chi connectivity index (χ0n) is 25.9. The van der Waals surface area contributed by atoms with Crippen molar-refractivity contribution in [3.8, 4) is 11.5 Å². The summed E-state index contributed by atoms with van der Waals surface area (Å²) in [6.45, 7) is 0.907. The van der Waals surface area contributed by atoms with Gasteiger partial charge in [-0.05, 0) is 54.3 Å². The van der Waals surface area contributed by atoms with Crippen molar-refractivity contribution in [1.29, 1.82) is 0 Å². The Morgan fingerprint density at radius 3 is 2.07 bits per heavy atom. The predicted octanol–water partition coefficient (Wildman–Crippen LogP) is -0.0382. The molecule has 0 saturated carbocycles. The largest absolute Gasteiger partial charge is 0.508 e. The molecule has 0 aromatic heterocycles. The maximum Gasteiger partial charge on any atom is 0.244 e. The Bertz CT molecular complexity index is 1490. The third kappa shape index (κ3) is 10.7. The van der Waals surface area contributed by atoms with Crippen LogP contribution in [-0.4, -0.2) is 66.4 Å². The molecule has 238 valence electrons. The maximum absolute atomic E-state index is 13.4. The number of nitrogens with one attached hydrogen (secondary N) is 4. The van der Waals surface area contributed by atoms with E-state index in [-0.39, 0.29) is 18.6 Å². The number of amides is 5. The van der Waals surface area contributed by atoms with Gasteiger partial charge in [0.25, 0.3) is 0 Å². The Kier molecular flexibility index (Phi) is 11.9. The van der Waals surface area contributed by atoms with Crippen LogP contribution in [0.25, 0.3) is 0 Å². The first-order chi connectivity index (χ1) is 22.0. The first kappa shape index (κ1) is 32.5. The van der Waals surface area contributed by atoms with Gasteiger partial charge < -0.3 is 42.6 Å². The third-order valence-corrected chi connectivity index (χ3v) is 6.82. The molecule has 13 nitrogen and oxygen atoms in total. The Hall–Kier alpha value is -5.43. The first-order valence-corrected chi connectivity index (χ1v) is 14.1. The lowest BCUT2D eigenvalue weighted by Crippen LogP contribution is -2.54. The number of hydrogen-bond donors (Lipinski definition) is 7. The van der Waals surface area contributed by atoms with Crippen LogP contribution in [0.4, 0.5) is 0 Å². The number of phenols is 1. The summed E-state index contributed by atoms with van der Waals surface area (Å²) < 4.78 is 12.6. The monoisotopic (exact) mass is 619 g/mol. The molecule has 0 aliphatic carbocycles. The molecular weight excluding hydrogens is 580 g/mol. The lowest BCUT2D eigenvalue weighted by atomic mass is 10.0. The van der Waals surface area contributed by atoms with Crippen molar-refractivity contribution in [2.75, 3.05) is 13.7 Å². The van der Waals surface area contributed by atoms with Crippen molar-refractivity contribution in [1.82, 2.24) is 21.3 Å². The van der Waals surface area contributed by atoms with Crippen molar-refractivity contribution >= 4 is 29.5 Å². The summed E-state index contributed by atoms with van der Waals surface area (Å²) in [5, 5.41) is 19.6. The van der Waals surface area contributed by atoms with Gasteiger partial charge in [0.1, 0.15) is 31.0 Å². The lowest BCUT2D eigenvalue weighted by molar-refractivity contribution is -0.132. The van der Waals surface area contributed by atoms with Crippen LogP contribution in [0.1, 0.15) is 29.7 Å². The Morgan fingerprint density at radius 1 is 0.822 bits per heavy atom. The van der Waals surface area contributed by atoms with E-state index < -0.39 is 60.2 Å². The van der Waals surface area contributed by atoms with E-state index in [1.807, 2.05) is 0 Å². The highest BCUT2D eigenvalue weighted by Gasteiger charge is 2.28. The lowest BCUT2D eigenvalue weighted by Gasteiger charge is -2.23. The molecule has 0 bridgehead atoms. The Morgan fingerprint density at radius 2 is 1.47 bits per heavy atom. The summed E-state index contributed by atoms with van der Waals surface area (Å²) >= 11 is 0. The number of carbonyl (C=O) groups is 5. The van der Waals surface area contributed by atoms with Gasteiger partial charge >= 0.3 is 0 Å². The molecular formula is C32H38N6O7. The number of primary amides is 1. The molecule has 0 aliphatic heterocycles. The molecule has 0 spiro atoms. The van der Waals surface area contributed by atoms with E-state index in [0.29, 0.717) is 16.9 Å². The van der Waals surface area contributed by atoms with Crippen LogP contribution in [0.5, 0.6) is 11.5 Å². The van der Waals surface area contributed by atoms with Gasteiger partial charge in [-0.1, -0.05) is 54.6 Å². The van der Waals surface area contributed by atoms with Gasteiger partial charge in [0.15, 0.2) is 0 Å². The predicted molar refractivity (Wildman–Crippen MR) is 166 cm³/mol. The molecule has 0 saturated heterocycles. The highest BCUT2D eigenvalue weighted by atomic mass is 16.5. The number of aromatic hydroxyl groups is 1. The molecule has 0 heterocycles. The summed E-state index contributed by atoms with van der Waals surface area (Å²) in [4.78, 5) is 63.9. The van der Waals surface area contributed by atoms with Crippen LogP contribution in [0, 0.1) is 0 Å². The number of methoxy groups -OCH3 is 1. The Balaban J connectivity index is 1.60. The van der Waals surface area contributed by atoms with Gasteiger partial charge in [-0.25, -0.2) is 0 Å². The highest BCUT2D eigenvalue weighted by molar-refractivity contribution is 5.94. The minimum Gasteiger partial charge on any atom is -0.508 e. The van der Waals surface area contributed by atoms with Crippen molar-refractivity contribution in [3.63, 3.8) is 0 Å². The highest BCUT2D eigenvalue weighted by Crippen LogP contribution is 2.18. The standard InChI is InChI=1S/C32H38N6O7/c1-19(36-31(43)25(33)16-21-8-12-23(39)13-9-21)30(42)35-18-27(40)37-26(17-20-6-4-3-5-7-20)32(44)38-28(29(34)41)22-10-14-24(45-2)15-11-22/h3-15,19,25-26,28,39H,16-18,33H2,1-2H3,(H2,34,41)(H,35,42)(H,36,43)(H,37,40)(H,38,44)/t19-,25-,26-,28-/m0/s1/i/hD. The normalized spacial score (nSPS) is 13.6. The molecule has 3 aromatic carbocycles. The number of hydrogen-bond acceptors (Lipinski definition) is 8. The molecule has 0 radical (unpaired) electrons. The number of rotatable bonds is 16. The average Bonchev–Trinajstić information content (AvgIpc) is 3.05. The molecule has 3 aromatic rings. The van der Waals surface area contributed by atoms with E-state index in [2.05, 4.69) is 27.0 Å². The van der Waals surface area contributed by atoms with Crippen molar-refractivity contribution < 1.29 is 35.2 Å². The van der Waals surface area contributed by atoms with E-state index in [9.17, 15) is 29.1 Å². The zero-order chi connectivity index (χ0) is 33.6. The van der Waals surface area contributed by atoms with Gasteiger partial charge in [0.05, 0.1) is 19.7 Å². The summed E-state index contributed by atoms with van der Waals surface area (Å²) in [5.74, 6) is -2.85. The Labute approximate surface area is 262 Å². The number of carbonyl (C=O) groups excluding carboxylic acids is 5. The molecule has 3 rings (SSSR count). The van der Waals surface area contributed by atoms with E-state index in [0.717, 1.165) is 5.56 Å². The van der Waals surface area contributed by atoms with Gasteiger partial charge in [0.2, 0.25) is 29.5 Å². The molecule has 4 atom stereocenters. The van der Waals surface area contributed by atoms with E-state index in [1.54, 1.807) is 66.7 Å². The molecule has 5 amide bonds. The quantitative estimate of drug-likeness (QED) is 0.115. The summed E-state index contributed by atoms with van der Waals surface area (Å²) in [7, 11) is 1.49. The number of ether oxygens (including phenoxy) is 1. The van der Waals surface area contributed by atoms with Crippen LogP contribution in [0.15, 0.2) is 78.9 Å². The fourth-order valence-corrected chi connectivity index (χ4v) is 4.32. The second-order valence-electron chi connectivity index (χ2n) is 10.3. The van der Waals surface area contributed by atoms with Crippen LogP contribution in [0.2, 0.25) is 1.41 Å². The summed E-state index contributed by atoms with van der Waals surface area (Å²) in [6.07, 6.45) is 0.210. The second-order valence-corrected chi connectivity index (χ2v) is 10.3. The minimum atomic E-state index is -1.19. The number of phenolic OH excluding ortho intramolecular Hbond substituents is 1. The van der Waals surface area contributed by atoms with E-state index in [4.69, 9.17) is 11.9 Å². The minimum absolute atomic E-state index is 0.0633. The van der Waals surface area contributed by atoms with Crippen molar-refractivity contribution in [3.05, 3.63) is 95.6 Å². The molecule has 9 N–H and O–H groups in total. The zero-order valence-corrected chi connectivity index (χ0v) is 24.9. The van der Waals surface area contributed by atoms with Gasteiger partial charge in [-0.2, -0.15) is 0 Å². The molecule has 0 fully saturated rings. The first-order valence-electron chi connectivity index (χ1n) is 14.6. The van der Waals surface area contributed by atoms with E-state index in [1.165, 1.54) is 26.2 Å². The third-order valence-electron chi connectivity index (χ3n) is 6.82. The summed E-state index contributed by atoms with van der Waals surface area (Å²) in [6, 6.07) is 17.1. The molecule has 13 heteroatoms. The van der Waals surface area contributed by atoms with Crippen LogP contribution in [0.3, 0.4) is 0 Å². The smallest absolute Gasteiger partial charge is 0.244 e.